The van der Waals surface area contributed by atoms with Crippen molar-refractivity contribution in [3.63, 3.8) is 0 Å². The molecule has 7 nitrogen and oxygen atoms in total. The Morgan fingerprint density at radius 1 is 1.15 bits per heavy atom. The van der Waals surface area contributed by atoms with Crippen LogP contribution in [-0.2, 0) is 11.7 Å². The van der Waals surface area contributed by atoms with E-state index in [-0.39, 0.29) is 32.1 Å². The molecule has 172 valence electrons. The van der Waals surface area contributed by atoms with Crippen LogP contribution in [0.5, 0.6) is 5.75 Å². The van der Waals surface area contributed by atoms with Gasteiger partial charge in [-0.05, 0) is 30.5 Å². The number of carbonyl (C=O) groups excluding carboxylic acids is 2. The molecular formula is C20H13Cl2F3N4O3S. The average Bonchev–Trinajstić information content (AvgIpc) is 3.39. The van der Waals surface area contributed by atoms with E-state index in [0.29, 0.717) is 12.8 Å². The molecule has 2 heterocycles. The Morgan fingerprint density at radius 2 is 1.85 bits per heavy atom. The van der Waals surface area contributed by atoms with E-state index in [9.17, 15) is 27.9 Å². The minimum Gasteiger partial charge on any atom is -0.504 e. The first-order valence-electron chi connectivity index (χ1n) is 9.31. The predicted molar refractivity (Wildman–Crippen MR) is 116 cm³/mol. The number of amides is 2. The molecule has 1 aliphatic rings. The van der Waals surface area contributed by atoms with E-state index in [1.807, 2.05) is 0 Å². The normalized spacial score (nSPS) is 14.6. The van der Waals surface area contributed by atoms with Crippen molar-refractivity contribution >= 4 is 51.4 Å². The lowest BCUT2D eigenvalue weighted by Crippen LogP contribution is -2.37. The van der Waals surface area contributed by atoms with Gasteiger partial charge in [0, 0.05) is 0 Å². The summed E-state index contributed by atoms with van der Waals surface area (Å²) < 4.78 is 40.4. The van der Waals surface area contributed by atoms with Crippen molar-refractivity contribution in [2.24, 2.45) is 0 Å². The van der Waals surface area contributed by atoms with Crippen LogP contribution in [0.1, 0.15) is 44.9 Å². The second-order valence-corrected chi connectivity index (χ2v) is 8.81. The highest BCUT2D eigenvalue weighted by molar-refractivity contribution is 7.14. The van der Waals surface area contributed by atoms with E-state index in [0.717, 1.165) is 23.5 Å². The zero-order chi connectivity index (χ0) is 24.0. The molecule has 33 heavy (non-hydrogen) atoms. The lowest BCUT2D eigenvalue weighted by atomic mass is 9.97. The smallest absolute Gasteiger partial charge is 0.416 e. The molecule has 13 heteroatoms. The van der Waals surface area contributed by atoms with Gasteiger partial charge in [0.05, 0.1) is 21.6 Å². The molecule has 0 spiro atoms. The summed E-state index contributed by atoms with van der Waals surface area (Å²) in [5.74, 6) is -2.00. The molecule has 2 aromatic heterocycles. The molecule has 0 atom stereocenters. The summed E-state index contributed by atoms with van der Waals surface area (Å²) in [6.07, 6.45) is -3.92. The van der Waals surface area contributed by atoms with Crippen LogP contribution in [0.15, 0.2) is 35.8 Å². The third-order valence-corrected chi connectivity index (χ3v) is 6.29. The molecule has 1 aliphatic carbocycles. The van der Waals surface area contributed by atoms with Crippen molar-refractivity contribution in [2.45, 2.75) is 24.6 Å². The number of aromatic hydroxyl groups is 1. The van der Waals surface area contributed by atoms with Crippen LogP contribution in [0.2, 0.25) is 10.2 Å². The topological polar surface area (TPSA) is 104 Å². The number of alkyl halides is 3. The molecular weight excluding hydrogens is 504 g/mol. The average molecular weight is 517 g/mol. The van der Waals surface area contributed by atoms with Crippen LogP contribution in [-0.4, -0.2) is 26.9 Å². The van der Waals surface area contributed by atoms with Gasteiger partial charge < -0.3 is 15.7 Å². The van der Waals surface area contributed by atoms with Gasteiger partial charge in [-0.15, -0.1) is 11.3 Å². The summed E-state index contributed by atoms with van der Waals surface area (Å²) >= 11 is 12.5. The van der Waals surface area contributed by atoms with Crippen LogP contribution < -0.4 is 10.6 Å². The van der Waals surface area contributed by atoms with Gasteiger partial charge in [-0.3, -0.25) is 9.59 Å². The Balaban J connectivity index is 1.56. The van der Waals surface area contributed by atoms with Crippen LogP contribution in [0.25, 0.3) is 0 Å². The van der Waals surface area contributed by atoms with E-state index in [4.69, 9.17) is 23.2 Å². The Morgan fingerprint density at radius 3 is 2.48 bits per heavy atom. The van der Waals surface area contributed by atoms with Gasteiger partial charge in [-0.1, -0.05) is 41.4 Å². The molecule has 1 saturated carbocycles. The SMILES string of the molecule is O=C(Nc1scnc1C(=O)NC1(c2ccccc2C(F)(F)F)CC1)c1cc(Cl)c(O)c(Cl)n1. The summed E-state index contributed by atoms with van der Waals surface area (Å²) in [5.41, 5.74) is -1.10. The van der Waals surface area contributed by atoms with Crippen molar-refractivity contribution in [1.82, 2.24) is 15.3 Å². The fourth-order valence-electron chi connectivity index (χ4n) is 3.27. The molecule has 3 N–H and O–H groups in total. The Kier molecular flexibility index (Phi) is 5.97. The molecule has 0 aliphatic heterocycles. The van der Waals surface area contributed by atoms with E-state index in [2.05, 4.69) is 20.6 Å². The number of nitrogens with zero attached hydrogens (tertiary/aromatic N) is 2. The maximum atomic E-state index is 13.5. The predicted octanol–water partition coefficient (Wildman–Crippen LogP) is 5.24. The number of anilines is 1. The van der Waals surface area contributed by atoms with E-state index in [1.165, 1.54) is 23.7 Å². The number of thiazole rings is 1. The summed E-state index contributed by atoms with van der Waals surface area (Å²) in [7, 11) is 0. The first-order valence-corrected chi connectivity index (χ1v) is 10.9. The Hall–Kier alpha value is -2.89. The lowest BCUT2D eigenvalue weighted by molar-refractivity contribution is -0.138. The molecule has 3 aromatic rings. The molecule has 2 amide bonds. The number of pyridine rings is 1. The fraction of sp³-hybridized carbons (Fsp3) is 0.200. The van der Waals surface area contributed by atoms with E-state index < -0.39 is 34.8 Å². The highest BCUT2D eigenvalue weighted by Crippen LogP contribution is 2.50. The van der Waals surface area contributed by atoms with Crippen LogP contribution in [0.3, 0.4) is 0 Å². The van der Waals surface area contributed by atoms with Gasteiger partial charge in [-0.25, -0.2) is 9.97 Å². The summed E-state index contributed by atoms with van der Waals surface area (Å²) in [5, 5.41) is 14.2. The fourth-order valence-corrected chi connectivity index (χ4v) is 4.38. The van der Waals surface area contributed by atoms with Crippen LogP contribution >= 0.6 is 34.5 Å². The second kappa shape index (κ2) is 8.47. The largest absolute Gasteiger partial charge is 0.504 e. The minimum atomic E-state index is -4.57. The number of rotatable bonds is 5. The quantitative estimate of drug-likeness (QED) is 0.402. The number of aromatic nitrogens is 2. The number of nitrogens with one attached hydrogen (secondary N) is 2. The number of hydrogen-bond donors (Lipinski definition) is 3. The van der Waals surface area contributed by atoms with Crippen LogP contribution in [0, 0.1) is 0 Å². The maximum Gasteiger partial charge on any atom is 0.416 e. The van der Waals surface area contributed by atoms with Gasteiger partial charge in [0.15, 0.2) is 16.6 Å². The Bertz CT molecular complexity index is 1240. The van der Waals surface area contributed by atoms with Crippen molar-refractivity contribution in [1.29, 1.82) is 0 Å². The molecule has 0 bridgehead atoms. The first-order chi connectivity index (χ1) is 15.5. The molecule has 0 saturated heterocycles. The van der Waals surface area contributed by atoms with E-state index >= 15 is 0 Å². The number of benzene rings is 1. The zero-order valence-electron chi connectivity index (χ0n) is 16.3. The summed E-state index contributed by atoms with van der Waals surface area (Å²) in [6, 6.07) is 6.16. The Labute approximate surface area is 198 Å². The molecule has 1 aromatic carbocycles. The van der Waals surface area contributed by atoms with Crippen molar-refractivity contribution in [2.75, 3.05) is 5.32 Å². The second-order valence-electron chi connectivity index (χ2n) is 7.19. The third-order valence-electron chi connectivity index (χ3n) is 5.00. The standard InChI is InChI=1S/C20H13Cl2F3N4O3S/c21-11-7-12(27-15(22)14(11)30)16(31)28-18-13(26-8-33-18)17(32)29-19(5-6-19)9-3-1-2-4-10(9)20(23,24)25/h1-4,7-8,30H,5-6H2,(H,28,31)(H,29,32). The number of halogens is 5. The van der Waals surface area contributed by atoms with Crippen molar-refractivity contribution in [3.8, 4) is 5.75 Å². The number of hydrogen-bond acceptors (Lipinski definition) is 6. The third kappa shape index (κ3) is 4.61. The summed E-state index contributed by atoms with van der Waals surface area (Å²) in [4.78, 5) is 33.1. The molecule has 4 rings (SSSR count). The monoisotopic (exact) mass is 516 g/mol. The van der Waals surface area contributed by atoms with Gasteiger partial charge in [0.1, 0.15) is 10.7 Å². The van der Waals surface area contributed by atoms with Gasteiger partial charge in [0.25, 0.3) is 11.8 Å². The van der Waals surface area contributed by atoms with Gasteiger partial charge in [-0.2, -0.15) is 13.2 Å². The van der Waals surface area contributed by atoms with Crippen molar-refractivity contribution in [3.05, 3.63) is 68.5 Å². The number of carbonyl (C=O) groups is 2. The summed E-state index contributed by atoms with van der Waals surface area (Å²) in [6.45, 7) is 0. The van der Waals surface area contributed by atoms with Gasteiger partial charge >= 0.3 is 6.18 Å². The first kappa shape index (κ1) is 23.3. The molecule has 0 radical (unpaired) electrons. The highest BCUT2D eigenvalue weighted by Gasteiger charge is 2.50. The molecule has 0 unspecified atom stereocenters. The molecule has 1 fully saturated rings. The zero-order valence-corrected chi connectivity index (χ0v) is 18.7. The van der Waals surface area contributed by atoms with Crippen LogP contribution in [0.4, 0.5) is 18.2 Å². The van der Waals surface area contributed by atoms with Crippen molar-refractivity contribution < 1.29 is 27.9 Å². The van der Waals surface area contributed by atoms with E-state index in [1.54, 1.807) is 0 Å². The highest BCUT2D eigenvalue weighted by atomic mass is 35.5. The minimum absolute atomic E-state index is 0.0238. The maximum absolute atomic E-state index is 13.5. The lowest BCUT2D eigenvalue weighted by Gasteiger charge is -2.22. The van der Waals surface area contributed by atoms with Gasteiger partial charge in [0.2, 0.25) is 0 Å².